The van der Waals surface area contributed by atoms with Crippen molar-refractivity contribution in [3.63, 3.8) is 0 Å². The van der Waals surface area contributed by atoms with Gasteiger partial charge in [0.15, 0.2) is 0 Å². The zero-order chi connectivity index (χ0) is 14.8. The molecule has 1 unspecified atom stereocenters. The Balaban J connectivity index is 1.94. The number of nitrogens with zero attached hydrogens (tertiary/aromatic N) is 2. The Hall–Kier alpha value is -2.20. The van der Waals surface area contributed by atoms with Gasteiger partial charge in [0.05, 0.1) is 6.20 Å². The predicted molar refractivity (Wildman–Crippen MR) is 82.4 cm³/mol. The SMILES string of the molecule is CCn1cc(CC(N)c2ccc(F)c3ccccc23)cn1. The van der Waals surface area contributed by atoms with Crippen LogP contribution >= 0.6 is 0 Å². The fourth-order valence-electron chi connectivity index (χ4n) is 2.66. The van der Waals surface area contributed by atoms with Crippen molar-refractivity contribution in [1.82, 2.24) is 9.78 Å². The molecule has 0 amide bonds. The fourth-order valence-corrected chi connectivity index (χ4v) is 2.66. The molecular weight excluding hydrogens is 265 g/mol. The molecule has 0 saturated heterocycles. The molecule has 3 aromatic rings. The molecule has 0 saturated carbocycles. The van der Waals surface area contributed by atoms with Gasteiger partial charge in [-0.3, -0.25) is 4.68 Å². The second-order valence-corrected chi connectivity index (χ2v) is 5.20. The molecule has 2 N–H and O–H groups in total. The van der Waals surface area contributed by atoms with Crippen LogP contribution in [0.5, 0.6) is 0 Å². The largest absolute Gasteiger partial charge is 0.324 e. The summed E-state index contributed by atoms with van der Waals surface area (Å²) in [5, 5.41) is 5.76. The molecule has 0 bridgehead atoms. The van der Waals surface area contributed by atoms with E-state index < -0.39 is 0 Å². The van der Waals surface area contributed by atoms with Crippen LogP contribution in [0.15, 0.2) is 48.8 Å². The van der Waals surface area contributed by atoms with Gasteiger partial charge in [-0.15, -0.1) is 0 Å². The van der Waals surface area contributed by atoms with Gasteiger partial charge >= 0.3 is 0 Å². The lowest BCUT2D eigenvalue weighted by molar-refractivity contribution is 0.637. The molecule has 1 heterocycles. The van der Waals surface area contributed by atoms with Crippen LogP contribution in [0, 0.1) is 5.82 Å². The van der Waals surface area contributed by atoms with E-state index in [-0.39, 0.29) is 11.9 Å². The number of rotatable bonds is 4. The molecule has 0 spiro atoms. The summed E-state index contributed by atoms with van der Waals surface area (Å²) in [5.41, 5.74) is 8.40. The maximum atomic E-state index is 13.9. The molecular formula is C17H18FN3. The van der Waals surface area contributed by atoms with E-state index in [2.05, 4.69) is 5.10 Å². The Morgan fingerprint density at radius 1 is 1.19 bits per heavy atom. The van der Waals surface area contributed by atoms with Crippen molar-refractivity contribution in [2.24, 2.45) is 5.73 Å². The molecule has 0 aliphatic heterocycles. The van der Waals surface area contributed by atoms with Gasteiger partial charge in [-0.1, -0.05) is 30.3 Å². The topological polar surface area (TPSA) is 43.8 Å². The van der Waals surface area contributed by atoms with E-state index in [0.29, 0.717) is 11.8 Å². The van der Waals surface area contributed by atoms with Crippen LogP contribution in [0.4, 0.5) is 4.39 Å². The van der Waals surface area contributed by atoms with E-state index in [0.717, 1.165) is 23.1 Å². The zero-order valence-electron chi connectivity index (χ0n) is 12.0. The smallest absolute Gasteiger partial charge is 0.131 e. The Bertz CT molecular complexity index is 764. The van der Waals surface area contributed by atoms with Crippen molar-refractivity contribution in [2.75, 3.05) is 0 Å². The van der Waals surface area contributed by atoms with Crippen LogP contribution < -0.4 is 5.73 Å². The zero-order valence-corrected chi connectivity index (χ0v) is 12.0. The summed E-state index contributed by atoms with van der Waals surface area (Å²) in [5.74, 6) is -0.208. The van der Waals surface area contributed by atoms with Crippen LogP contribution in [0.2, 0.25) is 0 Å². The Morgan fingerprint density at radius 3 is 2.67 bits per heavy atom. The average Bonchev–Trinajstić information content (AvgIpc) is 2.95. The molecule has 21 heavy (non-hydrogen) atoms. The van der Waals surface area contributed by atoms with Gasteiger partial charge < -0.3 is 5.73 Å². The summed E-state index contributed by atoms with van der Waals surface area (Å²) in [6, 6.07) is 10.6. The molecule has 0 aliphatic carbocycles. The number of nitrogens with two attached hydrogens (primary N) is 1. The standard InChI is InChI=1S/C17H18FN3/c1-2-21-11-12(10-20-21)9-17(19)15-7-8-16(18)14-6-4-3-5-13(14)15/h3-8,10-11,17H,2,9,19H2,1H3. The highest BCUT2D eigenvalue weighted by molar-refractivity contribution is 5.86. The maximum Gasteiger partial charge on any atom is 0.131 e. The summed E-state index contributed by atoms with van der Waals surface area (Å²) >= 11 is 0. The Morgan fingerprint density at radius 2 is 1.95 bits per heavy atom. The molecule has 0 fully saturated rings. The highest BCUT2D eigenvalue weighted by Crippen LogP contribution is 2.27. The highest BCUT2D eigenvalue weighted by atomic mass is 19.1. The van der Waals surface area contributed by atoms with Crippen molar-refractivity contribution in [3.8, 4) is 0 Å². The summed E-state index contributed by atoms with van der Waals surface area (Å²) in [4.78, 5) is 0. The van der Waals surface area contributed by atoms with E-state index in [9.17, 15) is 4.39 Å². The molecule has 1 aromatic heterocycles. The first-order valence-corrected chi connectivity index (χ1v) is 7.13. The summed E-state index contributed by atoms with van der Waals surface area (Å²) in [6.07, 6.45) is 4.54. The van der Waals surface area contributed by atoms with E-state index in [1.807, 2.05) is 42.2 Å². The number of aromatic nitrogens is 2. The number of aryl methyl sites for hydroxylation is 1. The second-order valence-electron chi connectivity index (χ2n) is 5.20. The lowest BCUT2D eigenvalue weighted by Crippen LogP contribution is -2.13. The van der Waals surface area contributed by atoms with Gasteiger partial charge in [-0.05, 0) is 35.9 Å². The highest BCUT2D eigenvalue weighted by Gasteiger charge is 2.13. The molecule has 2 aromatic carbocycles. The third-order valence-electron chi connectivity index (χ3n) is 3.77. The monoisotopic (exact) mass is 283 g/mol. The number of halogens is 1. The molecule has 1 atom stereocenters. The van der Waals surface area contributed by atoms with Crippen LogP contribution in [-0.2, 0) is 13.0 Å². The average molecular weight is 283 g/mol. The molecule has 0 radical (unpaired) electrons. The fraction of sp³-hybridized carbons (Fsp3) is 0.235. The molecule has 3 rings (SSSR count). The second kappa shape index (κ2) is 5.66. The lowest BCUT2D eigenvalue weighted by Gasteiger charge is -2.14. The third kappa shape index (κ3) is 2.67. The van der Waals surface area contributed by atoms with Gasteiger partial charge in [0.2, 0.25) is 0 Å². The van der Waals surface area contributed by atoms with Gasteiger partial charge in [-0.25, -0.2) is 4.39 Å². The quantitative estimate of drug-likeness (QED) is 0.797. The number of hydrogen-bond acceptors (Lipinski definition) is 2. The summed E-state index contributed by atoms with van der Waals surface area (Å²) < 4.78 is 15.7. The third-order valence-corrected chi connectivity index (χ3v) is 3.77. The first-order valence-electron chi connectivity index (χ1n) is 7.13. The van der Waals surface area contributed by atoms with Crippen molar-refractivity contribution in [3.05, 3.63) is 65.7 Å². The van der Waals surface area contributed by atoms with Crippen molar-refractivity contribution in [2.45, 2.75) is 25.9 Å². The van der Waals surface area contributed by atoms with E-state index in [1.165, 1.54) is 6.07 Å². The molecule has 0 aliphatic rings. The van der Waals surface area contributed by atoms with Gasteiger partial charge in [0.25, 0.3) is 0 Å². The Labute approximate surface area is 123 Å². The van der Waals surface area contributed by atoms with Gasteiger partial charge in [0.1, 0.15) is 5.82 Å². The number of benzene rings is 2. The minimum Gasteiger partial charge on any atom is -0.324 e. The Kier molecular flexibility index (Phi) is 3.71. The van der Waals surface area contributed by atoms with Crippen LogP contribution in [0.25, 0.3) is 10.8 Å². The van der Waals surface area contributed by atoms with E-state index in [4.69, 9.17) is 5.73 Å². The maximum absolute atomic E-state index is 13.9. The van der Waals surface area contributed by atoms with Crippen LogP contribution in [-0.4, -0.2) is 9.78 Å². The molecule has 108 valence electrons. The molecule has 4 heteroatoms. The van der Waals surface area contributed by atoms with E-state index >= 15 is 0 Å². The summed E-state index contributed by atoms with van der Waals surface area (Å²) in [6.45, 7) is 2.89. The van der Waals surface area contributed by atoms with Crippen molar-refractivity contribution >= 4 is 10.8 Å². The van der Waals surface area contributed by atoms with Crippen molar-refractivity contribution in [1.29, 1.82) is 0 Å². The lowest BCUT2D eigenvalue weighted by atomic mass is 9.95. The minimum atomic E-state index is -0.208. The van der Waals surface area contributed by atoms with E-state index in [1.54, 1.807) is 12.1 Å². The minimum absolute atomic E-state index is 0.176. The van der Waals surface area contributed by atoms with Crippen molar-refractivity contribution < 1.29 is 4.39 Å². The molecule has 3 nitrogen and oxygen atoms in total. The summed E-state index contributed by atoms with van der Waals surface area (Å²) in [7, 11) is 0. The van der Waals surface area contributed by atoms with Crippen LogP contribution in [0.3, 0.4) is 0 Å². The first kappa shape index (κ1) is 13.8. The number of fused-ring (bicyclic) bond motifs is 1. The van der Waals surface area contributed by atoms with Gasteiger partial charge in [-0.2, -0.15) is 5.10 Å². The predicted octanol–water partition coefficient (Wildman–Crippen LogP) is 3.44. The number of hydrogen-bond donors (Lipinski definition) is 1. The first-order chi connectivity index (χ1) is 10.2. The van der Waals surface area contributed by atoms with Gasteiger partial charge in [0, 0.05) is 24.2 Å². The normalized spacial score (nSPS) is 12.7. The van der Waals surface area contributed by atoms with Crippen LogP contribution in [0.1, 0.15) is 24.1 Å².